The van der Waals surface area contributed by atoms with Gasteiger partial charge in [0.05, 0.1) is 17.7 Å². The highest BCUT2D eigenvalue weighted by Gasteiger charge is 2.27. The molecule has 4 nitrogen and oxygen atoms in total. The van der Waals surface area contributed by atoms with Crippen LogP contribution in [0.4, 0.5) is 0 Å². The lowest BCUT2D eigenvalue weighted by Gasteiger charge is -2.31. The van der Waals surface area contributed by atoms with Gasteiger partial charge in [-0.2, -0.15) is 5.26 Å². The average molecular weight is 216 g/mol. The van der Waals surface area contributed by atoms with Gasteiger partial charge >= 0.3 is 0 Å². The molecule has 0 aliphatic carbocycles. The van der Waals surface area contributed by atoms with Gasteiger partial charge in [-0.25, -0.2) is 9.97 Å². The molecule has 1 aromatic heterocycles. The first kappa shape index (κ1) is 11.0. The second kappa shape index (κ2) is 5.04. The number of hydrogen-bond donors (Lipinski definition) is 0. The molecule has 0 radical (unpaired) electrons. The fraction of sp³-hybridized carbons (Fsp3) is 0.583. The standard InChI is InChI=1S/C12H16N4/c1-16-6-3-10(4-7-16)11(8-13)12-2-5-14-9-15-12/h2,5,9-11H,3-4,6-7H2,1H3. The summed E-state index contributed by atoms with van der Waals surface area (Å²) in [6.07, 6.45) is 5.40. The maximum Gasteiger partial charge on any atom is 0.115 e. The maximum absolute atomic E-state index is 9.27. The van der Waals surface area contributed by atoms with Crippen molar-refractivity contribution in [3.8, 4) is 6.07 Å². The molecular weight excluding hydrogens is 200 g/mol. The molecule has 2 heterocycles. The van der Waals surface area contributed by atoms with Gasteiger partial charge in [0.15, 0.2) is 0 Å². The topological polar surface area (TPSA) is 52.8 Å². The number of nitrogens with zero attached hydrogens (tertiary/aromatic N) is 4. The summed E-state index contributed by atoms with van der Waals surface area (Å²) in [6.45, 7) is 2.15. The number of piperidine rings is 1. The Labute approximate surface area is 95.9 Å². The lowest BCUT2D eigenvalue weighted by Crippen LogP contribution is -2.32. The number of rotatable bonds is 2. The summed E-state index contributed by atoms with van der Waals surface area (Å²) >= 11 is 0. The molecule has 0 N–H and O–H groups in total. The number of aromatic nitrogens is 2. The minimum atomic E-state index is -0.0725. The Balaban J connectivity index is 2.09. The first-order chi connectivity index (χ1) is 7.81. The van der Waals surface area contributed by atoms with E-state index in [1.807, 2.05) is 6.07 Å². The van der Waals surface area contributed by atoms with Gasteiger partial charge in [0.25, 0.3) is 0 Å². The Morgan fingerprint density at radius 3 is 2.81 bits per heavy atom. The maximum atomic E-state index is 9.27. The molecule has 4 heteroatoms. The van der Waals surface area contributed by atoms with Crippen LogP contribution in [0.2, 0.25) is 0 Å². The molecule has 16 heavy (non-hydrogen) atoms. The van der Waals surface area contributed by atoms with Gasteiger partial charge in [-0.3, -0.25) is 0 Å². The third-order valence-electron chi connectivity index (χ3n) is 3.30. The van der Waals surface area contributed by atoms with Crippen LogP contribution in [-0.4, -0.2) is 35.0 Å². The second-order valence-electron chi connectivity index (χ2n) is 4.38. The van der Waals surface area contributed by atoms with Crippen molar-refractivity contribution >= 4 is 0 Å². The molecule has 1 aliphatic heterocycles. The Morgan fingerprint density at radius 2 is 2.25 bits per heavy atom. The number of likely N-dealkylation sites (tertiary alicyclic amines) is 1. The van der Waals surface area contributed by atoms with Crippen molar-refractivity contribution in [1.29, 1.82) is 5.26 Å². The van der Waals surface area contributed by atoms with E-state index in [0.717, 1.165) is 31.6 Å². The van der Waals surface area contributed by atoms with Crippen molar-refractivity contribution < 1.29 is 0 Å². The molecular formula is C12H16N4. The van der Waals surface area contributed by atoms with Crippen LogP contribution >= 0.6 is 0 Å². The van der Waals surface area contributed by atoms with Crippen molar-refractivity contribution in [3.63, 3.8) is 0 Å². The molecule has 1 unspecified atom stereocenters. The van der Waals surface area contributed by atoms with Crippen LogP contribution in [0, 0.1) is 17.2 Å². The van der Waals surface area contributed by atoms with Crippen LogP contribution in [0.15, 0.2) is 18.6 Å². The van der Waals surface area contributed by atoms with Gasteiger partial charge in [0.1, 0.15) is 6.33 Å². The third-order valence-corrected chi connectivity index (χ3v) is 3.30. The summed E-state index contributed by atoms with van der Waals surface area (Å²) in [5, 5.41) is 9.27. The molecule has 0 bridgehead atoms. The van der Waals surface area contributed by atoms with E-state index in [4.69, 9.17) is 0 Å². The molecule has 1 saturated heterocycles. The minimum absolute atomic E-state index is 0.0725. The van der Waals surface area contributed by atoms with Gasteiger partial charge in [-0.15, -0.1) is 0 Å². The lowest BCUT2D eigenvalue weighted by atomic mass is 9.83. The summed E-state index contributed by atoms with van der Waals surface area (Å²) in [5.41, 5.74) is 0.868. The molecule has 84 valence electrons. The van der Waals surface area contributed by atoms with E-state index in [9.17, 15) is 5.26 Å². The lowest BCUT2D eigenvalue weighted by molar-refractivity contribution is 0.209. The molecule has 1 aromatic rings. The van der Waals surface area contributed by atoms with E-state index in [-0.39, 0.29) is 5.92 Å². The normalized spacial score (nSPS) is 20.2. The van der Waals surface area contributed by atoms with Crippen molar-refractivity contribution in [2.24, 2.45) is 5.92 Å². The Hall–Kier alpha value is -1.47. The highest BCUT2D eigenvalue weighted by Crippen LogP contribution is 2.30. The monoisotopic (exact) mass is 216 g/mol. The first-order valence-corrected chi connectivity index (χ1v) is 5.65. The Bertz CT molecular complexity index is 362. The van der Waals surface area contributed by atoms with Gasteiger partial charge in [0, 0.05) is 6.20 Å². The predicted octanol–water partition coefficient (Wildman–Crippen LogP) is 1.43. The molecule has 2 rings (SSSR count). The van der Waals surface area contributed by atoms with Gasteiger partial charge in [0.2, 0.25) is 0 Å². The van der Waals surface area contributed by atoms with E-state index in [1.165, 1.54) is 6.33 Å². The van der Waals surface area contributed by atoms with Crippen molar-refractivity contribution in [2.75, 3.05) is 20.1 Å². The fourth-order valence-electron chi connectivity index (χ4n) is 2.26. The summed E-state index contributed by atoms with van der Waals surface area (Å²) in [4.78, 5) is 10.4. The zero-order valence-electron chi connectivity index (χ0n) is 9.50. The van der Waals surface area contributed by atoms with E-state index < -0.39 is 0 Å². The van der Waals surface area contributed by atoms with E-state index >= 15 is 0 Å². The Kier molecular flexibility index (Phi) is 3.47. The van der Waals surface area contributed by atoms with Crippen molar-refractivity contribution in [1.82, 2.24) is 14.9 Å². The quantitative estimate of drug-likeness (QED) is 0.750. The van der Waals surface area contributed by atoms with Crippen LogP contribution in [0.3, 0.4) is 0 Å². The number of nitriles is 1. The molecule has 0 aromatic carbocycles. The largest absolute Gasteiger partial charge is 0.306 e. The second-order valence-corrected chi connectivity index (χ2v) is 4.38. The summed E-state index contributed by atoms with van der Waals surface area (Å²) < 4.78 is 0. The average Bonchev–Trinajstić information content (AvgIpc) is 2.34. The molecule has 1 atom stereocenters. The zero-order valence-corrected chi connectivity index (χ0v) is 9.50. The smallest absolute Gasteiger partial charge is 0.115 e. The van der Waals surface area contributed by atoms with Crippen LogP contribution < -0.4 is 0 Å². The predicted molar refractivity (Wildman–Crippen MR) is 60.6 cm³/mol. The van der Waals surface area contributed by atoms with E-state index in [0.29, 0.717) is 5.92 Å². The van der Waals surface area contributed by atoms with Gasteiger partial charge < -0.3 is 4.90 Å². The Morgan fingerprint density at radius 1 is 1.50 bits per heavy atom. The van der Waals surface area contributed by atoms with Gasteiger partial charge in [-0.1, -0.05) is 0 Å². The summed E-state index contributed by atoms with van der Waals surface area (Å²) in [6, 6.07) is 4.25. The van der Waals surface area contributed by atoms with E-state index in [2.05, 4.69) is 28.0 Å². The van der Waals surface area contributed by atoms with Crippen LogP contribution in [0.5, 0.6) is 0 Å². The van der Waals surface area contributed by atoms with E-state index in [1.54, 1.807) is 6.20 Å². The highest BCUT2D eigenvalue weighted by atomic mass is 15.1. The molecule has 0 spiro atoms. The first-order valence-electron chi connectivity index (χ1n) is 5.65. The van der Waals surface area contributed by atoms with Crippen LogP contribution in [0.1, 0.15) is 24.5 Å². The highest BCUT2D eigenvalue weighted by molar-refractivity contribution is 5.16. The molecule has 1 aliphatic rings. The SMILES string of the molecule is CN1CCC(C(C#N)c2ccncn2)CC1. The van der Waals surface area contributed by atoms with Crippen LogP contribution in [0.25, 0.3) is 0 Å². The third kappa shape index (κ3) is 2.37. The number of hydrogen-bond acceptors (Lipinski definition) is 4. The minimum Gasteiger partial charge on any atom is -0.306 e. The summed E-state index contributed by atoms with van der Waals surface area (Å²) in [7, 11) is 2.13. The van der Waals surface area contributed by atoms with Crippen LogP contribution in [-0.2, 0) is 0 Å². The van der Waals surface area contributed by atoms with Gasteiger partial charge in [-0.05, 0) is 45.0 Å². The molecule has 1 fully saturated rings. The van der Waals surface area contributed by atoms with Crippen molar-refractivity contribution in [2.45, 2.75) is 18.8 Å². The molecule has 0 amide bonds. The fourth-order valence-corrected chi connectivity index (χ4v) is 2.26. The van der Waals surface area contributed by atoms with Crippen molar-refractivity contribution in [3.05, 3.63) is 24.3 Å². The summed E-state index contributed by atoms with van der Waals surface area (Å²) in [5.74, 6) is 0.368. The molecule has 0 saturated carbocycles. The zero-order chi connectivity index (χ0) is 11.4.